The first-order valence-electron chi connectivity index (χ1n) is 6.37. The van der Waals surface area contributed by atoms with Crippen LogP contribution in [0.15, 0.2) is 23.8 Å². The van der Waals surface area contributed by atoms with Gasteiger partial charge in [0.05, 0.1) is 17.2 Å². The fraction of sp³-hybridized carbons (Fsp3) is 0.154. The lowest BCUT2D eigenvalue weighted by Crippen LogP contribution is -2.07. The molecule has 0 atom stereocenters. The first-order chi connectivity index (χ1) is 10.9. The molecule has 0 saturated carbocycles. The summed E-state index contributed by atoms with van der Waals surface area (Å²) < 4.78 is 41.6. The van der Waals surface area contributed by atoms with E-state index in [1.165, 1.54) is 11.3 Å². The molecule has 4 heterocycles. The number of aromatic nitrogens is 5. The van der Waals surface area contributed by atoms with Gasteiger partial charge in [0.25, 0.3) is 0 Å². The van der Waals surface area contributed by atoms with Crippen molar-refractivity contribution in [2.24, 2.45) is 7.05 Å². The number of thiazole rings is 1. The van der Waals surface area contributed by atoms with Gasteiger partial charge in [-0.2, -0.15) is 13.2 Å². The zero-order chi connectivity index (χ0) is 16.4. The van der Waals surface area contributed by atoms with Crippen LogP contribution in [0.2, 0.25) is 5.15 Å². The Morgan fingerprint density at radius 1 is 1.26 bits per heavy atom. The Hall–Kier alpha value is -2.13. The third kappa shape index (κ3) is 2.11. The summed E-state index contributed by atoms with van der Waals surface area (Å²) in [5.41, 5.74) is 0.106. The normalized spacial score (nSPS) is 12.6. The van der Waals surface area contributed by atoms with Crippen LogP contribution in [-0.2, 0) is 13.2 Å². The third-order valence-corrected chi connectivity index (χ3v) is 4.59. The van der Waals surface area contributed by atoms with Crippen molar-refractivity contribution >= 4 is 38.9 Å². The van der Waals surface area contributed by atoms with Gasteiger partial charge in [0.15, 0.2) is 10.8 Å². The molecule has 23 heavy (non-hydrogen) atoms. The van der Waals surface area contributed by atoms with Crippen LogP contribution in [0.3, 0.4) is 0 Å². The Kier molecular flexibility index (Phi) is 2.94. The fourth-order valence-electron chi connectivity index (χ4n) is 2.36. The number of hydrogen-bond acceptors (Lipinski definition) is 4. The maximum Gasteiger partial charge on any atom is 0.433 e. The van der Waals surface area contributed by atoms with Crippen LogP contribution < -0.4 is 0 Å². The van der Waals surface area contributed by atoms with Crippen molar-refractivity contribution in [2.75, 3.05) is 0 Å². The molecular formula is C13H7ClF3N5S. The van der Waals surface area contributed by atoms with Crippen LogP contribution in [0.25, 0.3) is 27.5 Å². The Morgan fingerprint density at radius 3 is 2.74 bits per heavy atom. The number of pyridine rings is 1. The van der Waals surface area contributed by atoms with Gasteiger partial charge in [-0.3, -0.25) is 4.40 Å². The topological polar surface area (TPSA) is 48.0 Å². The summed E-state index contributed by atoms with van der Waals surface area (Å²) in [5, 5.41) is 2.20. The Morgan fingerprint density at radius 2 is 2.04 bits per heavy atom. The van der Waals surface area contributed by atoms with E-state index in [2.05, 4.69) is 15.0 Å². The minimum Gasteiger partial charge on any atom is -0.324 e. The zero-order valence-corrected chi connectivity index (χ0v) is 13.0. The van der Waals surface area contributed by atoms with Crippen LogP contribution in [0, 0.1) is 0 Å². The van der Waals surface area contributed by atoms with E-state index in [9.17, 15) is 13.2 Å². The molecule has 0 unspecified atom stereocenters. The first-order valence-corrected chi connectivity index (χ1v) is 7.63. The summed E-state index contributed by atoms with van der Waals surface area (Å²) >= 11 is 7.70. The maximum atomic E-state index is 12.8. The van der Waals surface area contributed by atoms with Gasteiger partial charge in [-0.05, 0) is 6.07 Å². The van der Waals surface area contributed by atoms with E-state index in [1.54, 1.807) is 22.2 Å². The largest absolute Gasteiger partial charge is 0.433 e. The number of nitrogens with zero attached hydrogens (tertiary/aromatic N) is 5. The van der Waals surface area contributed by atoms with Crippen molar-refractivity contribution in [2.45, 2.75) is 6.18 Å². The molecule has 0 aliphatic carbocycles. The molecular weight excluding hydrogens is 351 g/mol. The number of imidazole rings is 2. The van der Waals surface area contributed by atoms with Gasteiger partial charge in [0.2, 0.25) is 0 Å². The molecule has 0 bridgehead atoms. The van der Waals surface area contributed by atoms with Crippen LogP contribution in [0.1, 0.15) is 5.69 Å². The van der Waals surface area contributed by atoms with Gasteiger partial charge in [-0.1, -0.05) is 11.6 Å². The van der Waals surface area contributed by atoms with E-state index < -0.39 is 11.9 Å². The highest BCUT2D eigenvalue weighted by Gasteiger charge is 2.33. The van der Waals surface area contributed by atoms with E-state index in [0.717, 1.165) is 12.3 Å². The molecule has 10 heteroatoms. The molecule has 4 aromatic heterocycles. The first kappa shape index (κ1) is 14.5. The second-order valence-electron chi connectivity index (χ2n) is 4.86. The molecule has 0 radical (unpaired) electrons. The minimum atomic E-state index is -4.51. The van der Waals surface area contributed by atoms with Gasteiger partial charge in [0, 0.05) is 18.6 Å². The summed E-state index contributed by atoms with van der Waals surface area (Å²) in [4.78, 5) is 12.8. The lowest BCUT2D eigenvalue weighted by atomic mass is 10.3. The lowest BCUT2D eigenvalue weighted by Gasteiger charge is -2.04. The van der Waals surface area contributed by atoms with E-state index in [0.29, 0.717) is 27.1 Å². The second-order valence-corrected chi connectivity index (χ2v) is 6.09. The van der Waals surface area contributed by atoms with Gasteiger partial charge < -0.3 is 4.57 Å². The molecule has 118 valence electrons. The molecule has 0 saturated heterocycles. The molecule has 0 aliphatic rings. The van der Waals surface area contributed by atoms with E-state index in [-0.39, 0.29) is 5.52 Å². The van der Waals surface area contributed by atoms with Gasteiger partial charge in [0.1, 0.15) is 16.5 Å². The van der Waals surface area contributed by atoms with Crippen molar-refractivity contribution < 1.29 is 13.2 Å². The van der Waals surface area contributed by atoms with Crippen LogP contribution in [-0.4, -0.2) is 23.9 Å². The SMILES string of the molecule is Cn1c(-c2nc3sccn3c2Cl)nc2cc(C(F)(F)F)ncc21. The zero-order valence-electron chi connectivity index (χ0n) is 11.5. The van der Waals surface area contributed by atoms with Crippen LogP contribution in [0.4, 0.5) is 13.2 Å². The molecule has 0 aliphatic heterocycles. The summed E-state index contributed by atoms with van der Waals surface area (Å²) in [6, 6.07) is 0.922. The summed E-state index contributed by atoms with van der Waals surface area (Å²) in [7, 11) is 1.68. The number of halogens is 4. The number of fused-ring (bicyclic) bond motifs is 2. The number of aryl methyl sites for hydroxylation is 1. The molecule has 0 N–H and O–H groups in total. The number of hydrogen-bond donors (Lipinski definition) is 0. The van der Waals surface area contributed by atoms with Crippen molar-refractivity contribution in [3.63, 3.8) is 0 Å². The van der Waals surface area contributed by atoms with Crippen molar-refractivity contribution in [3.05, 3.63) is 34.7 Å². The average molecular weight is 358 g/mol. The number of alkyl halides is 3. The van der Waals surface area contributed by atoms with Crippen LogP contribution in [0.5, 0.6) is 0 Å². The monoisotopic (exact) mass is 357 g/mol. The smallest absolute Gasteiger partial charge is 0.324 e. The van der Waals surface area contributed by atoms with Gasteiger partial charge >= 0.3 is 6.18 Å². The molecule has 0 aromatic carbocycles. The minimum absolute atomic E-state index is 0.192. The van der Waals surface area contributed by atoms with Crippen LogP contribution >= 0.6 is 22.9 Å². The maximum absolute atomic E-state index is 12.8. The Bertz CT molecular complexity index is 1050. The second kappa shape index (κ2) is 4.68. The van der Waals surface area contributed by atoms with Crippen molar-refractivity contribution in [1.29, 1.82) is 0 Å². The standard InChI is InChI=1S/C13H7ClF3N5S/c1-21-7-5-18-8(13(15,16)17)4-6(7)19-11(21)9-10(14)22-2-3-23-12(22)20-9/h2-5H,1H3. The quantitative estimate of drug-likeness (QED) is 0.517. The van der Waals surface area contributed by atoms with Crippen molar-refractivity contribution in [1.82, 2.24) is 23.9 Å². The molecule has 0 fully saturated rings. The Labute approximate surface area is 136 Å². The van der Waals surface area contributed by atoms with Crippen molar-refractivity contribution in [3.8, 4) is 11.5 Å². The predicted molar refractivity (Wildman–Crippen MR) is 80.6 cm³/mol. The van der Waals surface area contributed by atoms with E-state index in [1.807, 2.05) is 5.38 Å². The summed E-state index contributed by atoms with van der Waals surface area (Å²) in [6.07, 6.45) is -1.59. The lowest BCUT2D eigenvalue weighted by molar-refractivity contribution is -0.141. The van der Waals surface area contributed by atoms with Gasteiger partial charge in [-0.25, -0.2) is 15.0 Å². The molecule has 5 nitrogen and oxygen atoms in total. The predicted octanol–water partition coefficient (Wildman–Crippen LogP) is 4.02. The average Bonchev–Trinajstić information content (AvgIpc) is 3.14. The highest BCUT2D eigenvalue weighted by Crippen LogP contribution is 2.33. The molecule has 4 aromatic rings. The summed E-state index contributed by atoms with van der Waals surface area (Å²) in [5.74, 6) is 0.391. The van der Waals surface area contributed by atoms with Gasteiger partial charge in [-0.15, -0.1) is 11.3 Å². The summed E-state index contributed by atoms with van der Waals surface area (Å²) in [6.45, 7) is 0. The van der Waals surface area contributed by atoms with E-state index in [4.69, 9.17) is 11.6 Å². The van der Waals surface area contributed by atoms with E-state index >= 15 is 0 Å². The third-order valence-electron chi connectivity index (χ3n) is 3.47. The molecule has 0 spiro atoms. The number of rotatable bonds is 1. The molecule has 0 amide bonds. The Balaban J connectivity index is 1.95. The highest BCUT2D eigenvalue weighted by atomic mass is 35.5. The molecule has 4 rings (SSSR count). The highest BCUT2D eigenvalue weighted by molar-refractivity contribution is 7.15. The fourth-order valence-corrected chi connectivity index (χ4v) is 3.38.